The van der Waals surface area contributed by atoms with Gasteiger partial charge < -0.3 is 5.32 Å². The molecular weight excluding hydrogens is 282 g/mol. The first-order valence-corrected chi connectivity index (χ1v) is 8.39. The fourth-order valence-electron chi connectivity index (χ4n) is 2.90. The normalized spacial score (nSPS) is 19.0. The molecule has 0 saturated heterocycles. The second kappa shape index (κ2) is 6.02. The van der Waals surface area contributed by atoms with E-state index in [1.165, 1.54) is 16.9 Å². The molecule has 0 bridgehead atoms. The Labute approximate surface area is 129 Å². The number of nitrogens with zero attached hydrogens (tertiary/aromatic N) is 2. The second-order valence-electron chi connectivity index (χ2n) is 6.00. The van der Waals surface area contributed by atoms with Gasteiger partial charge in [0.15, 0.2) is 0 Å². The lowest BCUT2D eigenvalue weighted by atomic mass is 9.88. The Hall–Kier alpha value is -1.62. The Morgan fingerprint density at radius 1 is 1.62 bits per heavy atom. The van der Waals surface area contributed by atoms with Gasteiger partial charge >= 0.3 is 0 Å². The molecule has 1 aliphatic rings. The summed E-state index contributed by atoms with van der Waals surface area (Å²) < 4.78 is 1.84. The monoisotopic (exact) mass is 303 g/mol. The Balaban J connectivity index is 1.66. The van der Waals surface area contributed by atoms with Gasteiger partial charge in [-0.05, 0) is 43.7 Å². The quantitative estimate of drug-likeness (QED) is 0.944. The Kier molecular flexibility index (Phi) is 4.10. The van der Waals surface area contributed by atoms with Gasteiger partial charge in [0.1, 0.15) is 0 Å². The lowest BCUT2D eigenvalue weighted by molar-refractivity contribution is 0.0935. The van der Waals surface area contributed by atoms with Crippen LogP contribution in [0.2, 0.25) is 0 Å². The van der Waals surface area contributed by atoms with Crippen molar-refractivity contribution >= 4 is 17.2 Å². The molecule has 112 valence electrons. The minimum Gasteiger partial charge on any atom is -0.348 e. The fraction of sp³-hybridized carbons (Fsp3) is 0.500. The van der Waals surface area contributed by atoms with Crippen LogP contribution >= 0.6 is 11.3 Å². The number of hydrogen-bond acceptors (Lipinski definition) is 3. The lowest BCUT2D eigenvalue weighted by Crippen LogP contribution is -2.36. The van der Waals surface area contributed by atoms with Crippen molar-refractivity contribution in [2.75, 3.05) is 0 Å². The van der Waals surface area contributed by atoms with Gasteiger partial charge in [-0.15, -0.1) is 11.3 Å². The van der Waals surface area contributed by atoms with Crippen molar-refractivity contribution in [1.82, 2.24) is 15.1 Å². The molecule has 1 aliphatic carbocycles. The number of carbonyl (C=O) groups excluding carboxylic acids is 1. The number of thiophene rings is 1. The van der Waals surface area contributed by atoms with Crippen LogP contribution in [0, 0.1) is 5.92 Å². The zero-order valence-electron chi connectivity index (χ0n) is 12.5. The molecule has 3 rings (SSSR count). The van der Waals surface area contributed by atoms with E-state index in [2.05, 4.69) is 17.3 Å². The van der Waals surface area contributed by atoms with Crippen molar-refractivity contribution in [2.45, 2.75) is 45.7 Å². The molecule has 2 heterocycles. The molecule has 21 heavy (non-hydrogen) atoms. The molecule has 4 nitrogen and oxygen atoms in total. The molecular formula is C16H21N3OS. The van der Waals surface area contributed by atoms with Crippen LogP contribution in [-0.2, 0) is 19.4 Å². The first-order chi connectivity index (χ1) is 10.1. The molecule has 2 atom stereocenters. The van der Waals surface area contributed by atoms with Gasteiger partial charge in [-0.2, -0.15) is 5.10 Å². The predicted octanol–water partition coefficient (Wildman–Crippen LogP) is 2.89. The maximum atomic E-state index is 12.5. The third-order valence-corrected chi connectivity index (χ3v) is 5.10. The molecule has 1 amide bonds. The molecule has 0 saturated carbocycles. The van der Waals surface area contributed by atoms with E-state index in [1.807, 2.05) is 29.2 Å². The van der Waals surface area contributed by atoms with Gasteiger partial charge in [-0.3, -0.25) is 9.48 Å². The van der Waals surface area contributed by atoms with Gasteiger partial charge in [-0.25, -0.2) is 0 Å². The van der Waals surface area contributed by atoms with E-state index in [9.17, 15) is 4.79 Å². The lowest BCUT2D eigenvalue weighted by Gasteiger charge is -2.19. The first kappa shape index (κ1) is 14.3. The standard InChI is InChI=1S/C16H21N3OS/c1-11-4-5-13-14(10-21-15(13)8-11)16(20)18-12(2)9-19-7-3-6-17-19/h3,6-7,10-12H,4-5,8-9H2,1-2H3,(H,18,20)/t11-,12+/m0/s1. The van der Waals surface area contributed by atoms with Crippen LogP contribution < -0.4 is 5.32 Å². The number of nitrogens with one attached hydrogen (secondary N) is 1. The summed E-state index contributed by atoms with van der Waals surface area (Å²) in [6.07, 6.45) is 7.01. The van der Waals surface area contributed by atoms with Crippen molar-refractivity contribution in [2.24, 2.45) is 5.92 Å². The molecule has 0 aliphatic heterocycles. The predicted molar refractivity (Wildman–Crippen MR) is 84.7 cm³/mol. The minimum absolute atomic E-state index is 0.0571. The highest BCUT2D eigenvalue weighted by molar-refractivity contribution is 7.10. The molecule has 0 spiro atoms. The third kappa shape index (κ3) is 3.18. The topological polar surface area (TPSA) is 46.9 Å². The van der Waals surface area contributed by atoms with E-state index in [4.69, 9.17) is 0 Å². The molecule has 0 fully saturated rings. The van der Waals surface area contributed by atoms with E-state index < -0.39 is 0 Å². The summed E-state index contributed by atoms with van der Waals surface area (Å²) in [5.74, 6) is 0.799. The van der Waals surface area contributed by atoms with Gasteiger partial charge in [0, 0.05) is 28.7 Å². The summed E-state index contributed by atoms with van der Waals surface area (Å²) in [6.45, 7) is 5.00. The van der Waals surface area contributed by atoms with Crippen LogP contribution in [0.4, 0.5) is 0 Å². The summed E-state index contributed by atoms with van der Waals surface area (Å²) in [7, 11) is 0. The number of carbonyl (C=O) groups is 1. The summed E-state index contributed by atoms with van der Waals surface area (Å²) in [6, 6.07) is 1.96. The van der Waals surface area contributed by atoms with Crippen molar-refractivity contribution in [1.29, 1.82) is 0 Å². The Morgan fingerprint density at radius 3 is 3.24 bits per heavy atom. The minimum atomic E-state index is 0.0571. The highest BCUT2D eigenvalue weighted by Gasteiger charge is 2.23. The van der Waals surface area contributed by atoms with Crippen LogP contribution in [0.5, 0.6) is 0 Å². The average molecular weight is 303 g/mol. The summed E-state index contributed by atoms with van der Waals surface area (Å²) in [4.78, 5) is 13.9. The van der Waals surface area contributed by atoms with Gasteiger partial charge in [0.05, 0.1) is 12.1 Å². The molecule has 0 radical (unpaired) electrons. The van der Waals surface area contributed by atoms with E-state index in [0.717, 1.165) is 24.3 Å². The van der Waals surface area contributed by atoms with Crippen molar-refractivity contribution in [3.63, 3.8) is 0 Å². The van der Waals surface area contributed by atoms with Gasteiger partial charge in [-0.1, -0.05) is 6.92 Å². The van der Waals surface area contributed by atoms with Crippen LogP contribution in [0.3, 0.4) is 0 Å². The second-order valence-corrected chi connectivity index (χ2v) is 6.97. The number of fused-ring (bicyclic) bond motifs is 1. The third-order valence-electron chi connectivity index (χ3n) is 4.04. The smallest absolute Gasteiger partial charge is 0.252 e. The number of hydrogen-bond donors (Lipinski definition) is 1. The molecule has 0 unspecified atom stereocenters. The van der Waals surface area contributed by atoms with Crippen LogP contribution in [0.25, 0.3) is 0 Å². The van der Waals surface area contributed by atoms with E-state index in [-0.39, 0.29) is 11.9 Å². The Morgan fingerprint density at radius 2 is 2.48 bits per heavy atom. The van der Waals surface area contributed by atoms with E-state index >= 15 is 0 Å². The van der Waals surface area contributed by atoms with Crippen molar-refractivity contribution in [3.8, 4) is 0 Å². The molecule has 1 N–H and O–H groups in total. The zero-order valence-corrected chi connectivity index (χ0v) is 13.3. The van der Waals surface area contributed by atoms with Gasteiger partial charge in [0.2, 0.25) is 0 Å². The highest BCUT2D eigenvalue weighted by Crippen LogP contribution is 2.32. The molecule has 2 aromatic heterocycles. The zero-order chi connectivity index (χ0) is 14.8. The molecule has 0 aromatic carbocycles. The molecule has 2 aromatic rings. The fourth-order valence-corrected chi connectivity index (χ4v) is 4.15. The number of rotatable bonds is 4. The van der Waals surface area contributed by atoms with E-state index in [1.54, 1.807) is 17.5 Å². The van der Waals surface area contributed by atoms with E-state index in [0.29, 0.717) is 6.54 Å². The first-order valence-electron chi connectivity index (χ1n) is 7.51. The van der Waals surface area contributed by atoms with Crippen LogP contribution in [-0.4, -0.2) is 21.7 Å². The Bertz CT molecular complexity index is 618. The maximum absolute atomic E-state index is 12.5. The maximum Gasteiger partial charge on any atom is 0.252 e. The van der Waals surface area contributed by atoms with Gasteiger partial charge in [0.25, 0.3) is 5.91 Å². The average Bonchev–Trinajstić information content (AvgIpc) is 3.06. The van der Waals surface area contributed by atoms with Crippen LogP contribution in [0.1, 0.15) is 41.1 Å². The summed E-state index contributed by atoms with van der Waals surface area (Å²) >= 11 is 1.74. The highest BCUT2D eigenvalue weighted by atomic mass is 32.1. The van der Waals surface area contributed by atoms with Crippen LogP contribution in [0.15, 0.2) is 23.8 Å². The van der Waals surface area contributed by atoms with Crippen molar-refractivity contribution < 1.29 is 4.79 Å². The largest absolute Gasteiger partial charge is 0.348 e. The molecule has 5 heteroatoms. The number of aromatic nitrogens is 2. The SMILES string of the molecule is C[C@H]1CCc2c(C(=O)N[C@H](C)Cn3cccn3)csc2C1. The number of amides is 1. The summed E-state index contributed by atoms with van der Waals surface area (Å²) in [5, 5.41) is 9.29. The van der Waals surface area contributed by atoms with Crippen molar-refractivity contribution in [3.05, 3.63) is 39.8 Å². The summed E-state index contributed by atoms with van der Waals surface area (Å²) in [5.41, 5.74) is 2.16.